The molecule has 2 heteroatoms. The highest BCUT2D eigenvalue weighted by atomic mass is 35.5. The molecule has 2 rings (SSSR count). The molecule has 0 radical (unpaired) electrons. The predicted octanol–water partition coefficient (Wildman–Crippen LogP) is 3.26. The molecule has 0 atom stereocenters. The van der Waals surface area contributed by atoms with Crippen LogP contribution in [0.5, 0.6) is 0 Å². The first-order valence-electron chi connectivity index (χ1n) is 4.28. The second kappa shape index (κ2) is 2.98. The summed E-state index contributed by atoms with van der Waals surface area (Å²) in [6.07, 6.45) is 2.65. The lowest BCUT2D eigenvalue weighted by atomic mass is 10.1. The van der Waals surface area contributed by atoms with E-state index in [1.54, 1.807) is 0 Å². The van der Waals surface area contributed by atoms with Crippen molar-refractivity contribution in [1.82, 2.24) is 0 Å². The summed E-state index contributed by atoms with van der Waals surface area (Å²) < 4.78 is 0. The van der Waals surface area contributed by atoms with E-state index in [1.807, 2.05) is 13.1 Å². The van der Waals surface area contributed by atoms with Crippen LogP contribution in [0.2, 0.25) is 5.02 Å². The zero-order valence-corrected chi connectivity index (χ0v) is 7.86. The van der Waals surface area contributed by atoms with Crippen molar-refractivity contribution in [1.29, 1.82) is 0 Å². The van der Waals surface area contributed by atoms with Crippen LogP contribution in [0.15, 0.2) is 18.2 Å². The Kier molecular flexibility index (Phi) is 1.97. The molecule has 0 aromatic heterocycles. The van der Waals surface area contributed by atoms with Gasteiger partial charge in [0, 0.05) is 17.8 Å². The van der Waals surface area contributed by atoms with Gasteiger partial charge in [-0.2, -0.15) is 0 Å². The van der Waals surface area contributed by atoms with Gasteiger partial charge in [0.15, 0.2) is 0 Å². The van der Waals surface area contributed by atoms with Crippen molar-refractivity contribution in [2.24, 2.45) is 0 Å². The van der Waals surface area contributed by atoms with E-state index in [0.29, 0.717) is 0 Å². The number of nitrogens with one attached hydrogen (secondary N) is 1. The first-order chi connectivity index (χ1) is 5.79. The number of hydrogen-bond acceptors (Lipinski definition) is 1. The van der Waals surface area contributed by atoms with Crippen LogP contribution in [0, 0.1) is 0 Å². The van der Waals surface area contributed by atoms with E-state index in [-0.39, 0.29) is 0 Å². The number of halogens is 1. The fourth-order valence-corrected chi connectivity index (χ4v) is 1.65. The summed E-state index contributed by atoms with van der Waals surface area (Å²) in [5.41, 5.74) is 2.50. The molecule has 1 aliphatic rings. The van der Waals surface area contributed by atoms with E-state index in [1.165, 1.54) is 18.4 Å². The van der Waals surface area contributed by atoms with Gasteiger partial charge in [-0.05, 0) is 42.5 Å². The van der Waals surface area contributed by atoms with E-state index in [4.69, 9.17) is 11.6 Å². The third-order valence-corrected chi connectivity index (χ3v) is 2.48. The summed E-state index contributed by atoms with van der Waals surface area (Å²) in [4.78, 5) is 0. The Labute approximate surface area is 77.7 Å². The smallest absolute Gasteiger partial charge is 0.0429 e. The topological polar surface area (TPSA) is 12.0 Å². The molecule has 1 N–H and O–H groups in total. The van der Waals surface area contributed by atoms with E-state index in [2.05, 4.69) is 17.4 Å². The van der Waals surface area contributed by atoms with E-state index in [9.17, 15) is 0 Å². The van der Waals surface area contributed by atoms with Crippen molar-refractivity contribution in [2.45, 2.75) is 18.8 Å². The molecule has 1 fully saturated rings. The van der Waals surface area contributed by atoms with Crippen molar-refractivity contribution in [2.75, 3.05) is 12.4 Å². The minimum atomic E-state index is 0.774. The molecule has 1 aromatic carbocycles. The SMILES string of the molecule is CNc1cc(Cl)cc(C2CC2)c1. The van der Waals surface area contributed by atoms with Crippen molar-refractivity contribution >= 4 is 17.3 Å². The fourth-order valence-electron chi connectivity index (χ4n) is 1.41. The first-order valence-corrected chi connectivity index (χ1v) is 4.65. The third-order valence-electron chi connectivity index (χ3n) is 2.26. The second-order valence-corrected chi connectivity index (χ2v) is 3.73. The van der Waals surface area contributed by atoms with Gasteiger partial charge in [-0.1, -0.05) is 11.6 Å². The number of benzene rings is 1. The van der Waals surface area contributed by atoms with Gasteiger partial charge in [-0.3, -0.25) is 0 Å². The molecule has 1 saturated carbocycles. The van der Waals surface area contributed by atoms with Crippen LogP contribution in [0.1, 0.15) is 24.3 Å². The van der Waals surface area contributed by atoms with Gasteiger partial charge in [0.05, 0.1) is 0 Å². The largest absolute Gasteiger partial charge is 0.388 e. The molecule has 0 spiro atoms. The van der Waals surface area contributed by atoms with Crippen LogP contribution in [0.4, 0.5) is 5.69 Å². The number of hydrogen-bond donors (Lipinski definition) is 1. The van der Waals surface area contributed by atoms with Crippen molar-refractivity contribution in [3.63, 3.8) is 0 Å². The van der Waals surface area contributed by atoms with Crippen molar-refractivity contribution in [3.8, 4) is 0 Å². The minimum absolute atomic E-state index is 0.774. The maximum absolute atomic E-state index is 5.96. The molecule has 0 bridgehead atoms. The quantitative estimate of drug-likeness (QED) is 0.739. The predicted molar refractivity (Wildman–Crippen MR) is 53.0 cm³/mol. The Balaban J connectivity index is 2.34. The van der Waals surface area contributed by atoms with Gasteiger partial charge in [0.2, 0.25) is 0 Å². The van der Waals surface area contributed by atoms with Crippen molar-refractivity contribution < 1.29 is 0 Å². The van der Waals surface area contributed by atoms with E-state index < -0.39 is 0 Å². The van der Waals surface area contributed by atoms with Crippen LogP contribution in [-0.2, 0) is 0 Å². The van der Waals surface area contributed by atoms with Crippen LogP contribution in [-0.4, -0.2) is 7.05 Å². The lowest BCUT2D eigenvalue weighted by Crippen LogP contribution is -1.89. The van der Waals surface area contributed by atoms with Crippen LogP contribution in [0.3, 0.4) is 0 Å². The van der Waals surface area contributed by atoms with Crippen molar-refractivity contribution in [3.05, 3.63) is 28.8 Å². The summed E-state index contributed by atoms with van der Waals surface area (Å²) in [6.45, 7) is 0. The molecule has 12 heavy (non-hydrogen) atoms. The van der Waals surface area contributed by atoms with E-state index >= 15 is 0 Å². The Morgan fingerprint density at radius 1 is 1.33 bits per heavy atom. The van der Waals surface area contributed by atoms with Gasteiger partial charge >= 0.3 is 0 Å². The van der Waals surface area contributed by atoms with Gasteiger partial charge in [0.25, 0.3) is 0 Å². The molecular formula is C10H12ClN. The summed E-state index contributed by atoms with van der Waals surface area (Å²) in [5, 5.41) is 3.94. The molecule has 1 nitrogen and oxygen atoms in total. The summed E-state index contributed by atoms with van der Waals surface area (Å²) in [6, 6.07) is 6.21. The first kappa shape index (κ1) is 7.93. The highest BCUT2D eigenvalue weighted by molar-refractivity contribution is 6.30. The maximum atomic E-state index is 5.96. The normalized spacial score (nSPS) is 16.2. The number of rotatable bonds is 2. The van der Waals surface area contributed by atoms with Gasteiger partial charge < -0.3 is 5.32 Å². The molecule has 64 valence electrons. The zero-order chi connectivity index (χ0) is 8.55. The lowest BCUT2D eigenvalue weighted by molar-refractivity contribution is 1.13. The molecule has 0 amide bonds. The maximum Gasteiger partial charge on any atom is 0.0429 e. The van der Waals surface area contributed by atoms with Crippen LogP contribution < -0.4 is 5.32 Å². The molecule has 0 unspecified atom stereocenters. The number of anilines is 1. The molecule has 0 heterocycles. The Hall–Kier alpha value is -0.690. The van der Waals surface area contributed by atoms with Gasteiger partial charge in [-0.15, -0.1) is 0 Å². The second-order valence-electron chi connectivity index (χ2n) is 3.30. The highest BCUT2D eigenvalue weighted by Gasteiger charge is 2.23. The summed E-state index contributed by atoms with van der Waals surface area (Å²) in [5.74, 6) is 0.774. The highest BCUT2D eigenvalue weighted by Crippen LogP contribution is 2.41. The average Bonchev–Trinajstić information content (AvgIpc) is 2.85. The molecular weight excluding hydrogens is 170 g/mol. The monoisotopic (exact) mass is 181 g/mol. The lowest BCUT2D eigenvalue weighted by Gasteiger charge is -2.04. The molecule has 0 saturated heterocycles. The van der Waals surface area contributed by atoms with Gasteiger partial charge in [-0.25, -0.2) is 0 Å². The molecule has 0 aliphatic heterocycles. The summed E-state index contributed by atoms with van der Waals surface area (Å²) in [7, 11) is 1.92. The summed E-state index contributed by atoms with van der Waals surface area (Å²) >= 11 is 5.96. The average molecular weight is 182 g/mol. The fraction of sp³-hybridized carbons (Fsp3) is 0.400. The standard InChI is InChI=1S/C10H12ClN/c1-12-10-5-8(7-2-3-7)4-9(11)6-10/h4-7,12H,2-3H2,1H3. The Bertz CT molecular complexity index is 292. The Morgan fingerprint density at radius 2 is 2.08 bits per heavy atom. The van der Waals surface area contributed by atoms with Crippen LogP contribution >= 0.6 is 11.6 Å². The minimum Gasteiger partial charge on any atom is -0.388 e. The van der Waals surface area contributed by atoms with E-state index in [0.717, 1.165) is 16.6 Å². The molecule has 1 aromatic rings. The zero-order valence-electron chi connectivity index (χ0n) is 7.10. The Morgan fingerprint density at radius 3 is 2.67 bits per heavy atom. The third kappa shape index (κ3) is 1.56. The molecule has 1 aliphatic carbocycles. The van der Waals surface area contributed by atoms with Crippen LogP contribution in [0.25, 0.3) is 0 Å². The van der Waals surface area contributed by atoms with Gasteiger partial charge in [0.1, 0.15) is 0 Å².